The van der Waals surface area contributed by atoms with Crippen molar-refractivity contribution in [2.45, 2.75) is 6.54 Å². The van der Waals surface area contributed by atoms with E-state index in [2.05, 4.69) is 19.9 Å². The number of anilines is 1. The second-order valence-electron chi connectivity index (χ2n) is 6.07. The summed E-state index contributed by atoms with van der Waals surface area (Å²) in [6.45, 7) is 1.04. The standard InChI is InChI=1S/C17H21N5O2S/c1-22-13(10-19-7-8-25(2,23)24)4-6-16(22)12-3-5-15-14(9-12)17(18)21-11-20-15/h3-6,9,11,19H,7-8,10H2,1-2H3,(H2,18,20,21). The van der Waals surface area contributed by atoms with Crippen LogP contribution in [0.4, 0.5) is 5.82 Å². The molecule has 25 heavy (non-hydrogen) atoms. The Hall–Kier alpha value is -2.45. The number of rotatable bonds is 6. The maximum atomic E-state index is 11.2. The summed E-state index contributed by atoms with van der Waals surface area (Å²) in [5.41, 5.74) is 9.90. The fourth-order valence-corrected chi connectivity index (χ4v) is 3.25. The molecule has 8 heteroatoms. The largest absolute Gasteiger partial charge is 0.383 e. The Labute approximate surface area is 146 Å². The van der Waals surface area contributed by atoms with Crippen molar-refractivity contribution in [1.82, 2.24) is 19.9 Å². The lowest BCUT2D eigenvalue weighted by Crippen LogP contribution is -2.22. The van der Waals surface area contributed by atoms with Gasteiger partial charge in [-0.2, -0.15) is 0 Å². The highest BCUT2D eigenvalue weighted by Crippen LogP contribution is 2.26. The topological polar surface area (TPSA) is 103 Å². The third kappa shape index (κ3) is 3.97. The first-order valence-corrected chi connectivity index (χ1v) is 9.95. The first kappa shape index (κ1) is 17.4. The summed E-state index contributed by atoms with van der Waals surface area (Å²) >= 11 is 0. The number of nitrogens with two attached hydrogens (primary N) is 1. The van der Waals surface area contributed by atoms with E-state index in [1.54, 1.807) is 0 Å². The van der Waals surface area contributed by atoms with E-state index in [-0.39, 0.29) is 5.75 Å². The van der Waals surface area contributed by atoms with Gasteiger partial charge in [-0.1, -0.05) is 6.07 Å². The normalized spacial score (nSPS) is 11.9. The molecule has 0 unspecified atom stereocenters. The van der Waals surface area contributed by atoms with Crippen LogP contribution in [-0.2, 0) is 23.4 Å². The Morgan fingerprint density at radius 2 is 2.00 bits per heavy atom. The van der Waals surface area contributed by atoms with Crippen LogP contribution in [0.2, 0.25) is 0 Å². The van der Waals surface area contributed by atoms with Crippen molar-refractivity contribution in [3.63, 3.8) is 0 Å². The van der Waals surface area contributed by atoms with Crippen LogP contribution in [0.5, 0.6) is 0 Å². The molecule has 1 aromatic carbocycles. The number of sulfone groups is 1. The molecule has 0 saturated carbocycles. The van der Waals surface area contributed by atoms with Gasteiger partial charge in [-0.05, 0) is 29.8 Å². The number of fused-ring (bicyclic) bond motifs is 1. The zero-order chi connectivity index (χ0) is 18.0. The van der Waals surface area contributed by atoms with Gasteiger partial charge in [-0.25, -0.2) is 18.4 Å². The number of benzene rings is 1. The van der Waals surface area contributed by atoms with Crippen LogP contribution >= 0.6 is 0 Å². The fraction of sp³-hybridized carbons (Fsp3) is 0.294. The Morgan fingerprint density at radius 3 is 2.76 bits per heavy atom. The molecule has 0 atom stereocenters. The number of hydrogen-bond acceptors (Lipinski definition) is 6. The second kappa shape index (κ2) is 6.81. The highest BCUT2D eigenvalue weighted by molar-refractivity contribution is 7.90. The monoisotopic (exact) mass is 359 g/mol. The highest BCUT2D eigenvalue weighted by Gasteiger charge is 2.09. The molecule has 0 amide bonds. The molecular formula is C17H21N5O2S. The van der Waals surface area contributed by atoms with Crippen molar-refractivity contribution in [1.29, 1.82) is 0 Å². The van der Waals surface area contributed by atoms with E-state index in [9.17, 15) is 8.42 Å². The minimum Gasteiger partial charge on any atom is -0.383 e. The Bertz CT molecular complexity index is 1010. The van der Waals surface area contributed by atoms with Gasteiger partial charge < -0.3 is 15.6 Å². The lowest BCUT2D eigenvalue weighted by molar-refractivity contribution is 0.595. The highest BCUT2D eigenvalue weighted by atomic mass is 32.2. The van der Waals surface area contributed by atoms with Crippen LogP contribution in [-0.4, -0.2) is 41.5 Å². The maximum Gasteiger partial charge on any atom is 0.148 e. The SMILES string of the molecule is Cn1c(CNCCS(C)(=O)=O)ccc1-c1ccc2ncnc(N)c2c1. The lowest BCUT2D eigenvalue weighted by Gasteiger charge is -2.10. The maximum absolute atomic E-state index is 11.2. The van der Waals surface area contributed by atoms with Crippen LogP contribution in [0.1, 0.15) is 5.69 Å². The van der Waals surface area contributed by atoms with E-state index in [1.165, 1.54) is 12.6 Å². The molecule has 0 saturated heterocycles. The summed E-state index contributed by atoms with van der Waals surface area (Å²) in [6, 6.07) is 9.98. The molecule has 3 N–H and O–H groups in total. The van der Waals surface area contributed by atoms with E-state index in [4.69, 9.17) is 5.73 Å². The predicted molar refractivity (Wildman–Crippen MR) is 99.8 cm³/mol. The van der Waals surface area contributed by atoms with Crippen LogP contribution in [0, 0.1) is 0 Å². The summed E-state index contributed by atoms with van der Waals surface area (Å²) < 4.78 is 24.4. The average Bonchev–Trinajstić information content (AvgIpc) is 2.92. The molecule has 0 fully saturated rings. The molecule has 7 nitrogen and oxygen atoms in total. The van der Waals surface area contributed by atoms with Gasteiger partial charge in [0.2, 0.25) is 0 Å². The smallest absolute Gasteiger partial charge is 0.148 e. The third-order valence-corrected chi connectivity index (χ3v) is 5.09. The zero-order valence-corrected chi connectivity index (χ0v) is 15.0. The minimum absolute atomic E-state index is 0.133. The number of nitrogen functional groups attached to an aromatic ring is 1. The van der Waals surface area contributed by atoms with Crippen molar-refractivity contribution >= 4 is 26.6 Å². The van der Waals surface area contributed by atoms with Gasteiger partial charge in [0, 0.05) is 43.2 Å². The Morgan fingerprint density at radius 1 is 1.20 bits per heavy atom. The van der Waals surface area contributed by atoms with Gasteiger partial charge in [0.05, 0.1) is 11.3 Å². The van der Waals surface area contributed by atoms with Crippen molar-refractivity contribution in [2.75, 3.05) is 24.3 Å². The molecule has 0 aliphatic heterocycles. The molecule has 3 aromatic rings. The van der Waals surface area contributed by atoms with Crippen LogP contribution in [0.25, 0.3) is 22.2 Å². The van der Waals surface area contributed by atoms with E-state index >= 15 is 0 Å². The number of nitrogens with one attached hydrogen (secondary N) is 1. The van der Waals surface area contributed by atoms with E-state index in [0.717, 1.165) is 27.9 Å². The van der Waals surface area contributed by atoms with Crippen LogP contribution in [0.3, 0.4) is 0 Å². The van der Waals surface area contributed by atoms with Crippen LogP contribution in [0.15, 0.2) is 36.7 Å². The van der Waals surface area contributed by atoms with E-state index in [1.807, 2.05) is 37.4 Å². The summed E-state index contributed by atoms with van der Waals surface area (Å²) in [7, 11) is -0.960. The summed E-state index contributed by atoms with van der Waals surface area (Å²) in [5.74, 6) is 0.595. The average molecular weight is 359 g/mol. The molecule has 0 aliphatic rings. The van der Waals surface area contributed by atoms with E-state index < -0.39 is 9.84 Å². The summed E-state index contributed by atoms with van der Waals surface area (Å²) in [5, 5.41) is 3.99. The molecule has 0 radical (unpaired) electrons. The molecule has 2 aromatic heterocycles. The molecule has 2 heterocycles. The third-order valence-electron chi connectivity index (χ3n) is 4.14. The molecule has 0 spiro atoms. The molecule has 3 rings (SSSR count). The quantitative estimate of drug-likeness (QED) is 0.644. The summed E-state index contributed by atoms with van der Waals surface area (Å²) in [6.07, 6.45) is 2.70. The minimum atomic E-state index is -2.94. The van der Waals surface area contributed by atoms with E-state index in [0.29, 0.717) is 18.9 Å². The second-order valence-corrected chi connectivity index (χ2v) is 8.33. The van der Waals surface area contributed by atoms with Gasteiger partial charge in [-0.3, -0.25) is 0 Å². The fourth-order valence-electron chi connectivity index (χ4n) is 2.73. The molecule has 132 valence electrons. The van der Waals surface area contributed by atoms with Gasteiger partial charge in [0.1, 0.15) is 22.0 Å². The van der Waals surface area contributed by atoms with Gasteiger partial charge in [0.25, 0.3) is 0 Å². The Kier molecular flexibility index (Phi) is 4.73. The van der Waals surface area contributed by atoms with Gasteiger partial charge >= 0.3 is 0 Å². The molecule has 0 bridgehead atoms. The van der Waals surface area contributed by atoms with Crippen molar-refractivity contribution in [2.24, 2.45) is 7.05 Å². The summed E-state index contributed by atoms with van der Waals surface area (Å²) in [4.78, 5) is 8.26. The van der Waals surface area contributed by atoms with Gasteiger partial charge in [-0.15, -0.1) is 0 Å². The predicted octanol–water partition coefficient (Wildman–Crippen LogP) is 1.35. The first-order valence-electron chi connectivity index (χ1n) is 7.89. The van der Waals surface area contributed by atoms with Crippen LogP contribution < -0.4 is 11.1 Å². The molecule has 0 aliphatic carbocycles. The molecular weight excluding hydrogens is 338 g/mol. The number of aromatic nitrogens is 3. The van der Waals surface area contributed by atoms with Gasteiger partial charge in [0.15, 0.2) is 0 Å². The van der Waals surface area contributed by atoms with Crippen molar-refractivity contribution in [3.05, 3.63) is 42.4 Å². The lowest BCUT2D eigenvalue weighted by atomic mass is 10.1. The Balaban J connectivity index is 1.80. The van der Waals surface area contributed by atoms with Crippen molar-refractivity contribution < 1.29 is 8.42 Å². The first-order chi connectivity index (χ1) is 11.8. The van der Waals surface area contributed by atoms with Crippen molar-refractivity contribution in [3.8, 4) is 11.3 Å². The number of nitrogens with zero attached hydrogens (tertiary/aromatic N) is 3. The number of hydrogen-bond donors (Lipinski definition) is 2. The zero-order valence-electron chi connectivity index (χ0n) is 14.2.